The first-order valence-corrected chi connectivity index (χ1v) is 9.05. The SMILES string of the molecule is Clc1cc(Cl)cc(CN2Cc3ccc(N4CCOCC4)cc3C2)c1. The number of ether oxygens (including phenoxy) is 1. The lowest BCUT2D eigenvalue weighted by Crippen LogP contribution is -2.36. The molecule has 1 fully saturated rings. The van der Waals surface area contributed by atoms with Gasteiger partial charge in [-0.2, -0.15) is 0 Å². The monoisotopic (exact) mass is 362 g/mol. The summed E-state index contributed by atoms with van der Waals surface area (Å²) in [6.45, 7) is 6.40. The van der Waals surface area contributed by atoms with E-state index in [-0.39, 0.29) is 0 Å². The van der Waals surface area contributed by atoms with E-state index in [1.807, 2.05) is 12.1 Å². The summed E-state index contributed by atoms with van der Waals surface area (Å²) in [4.78, 5) is 4.83. The van der Waals surface area contributed by atoms with E-state index in [0.717, 1.165) is 51.5 Å². The molecule has 0 aromatic heterocycles. The fourth-order valence-electron chi connectivity index (χ4n) is 3.54. The molecule has 0 N–H and O–H groups in total. The molecule has 0 aliphatic carbocycles. The zero-order valence-electron chi connectivity index (χ0n) is 13.5. The van der Waals surface area contributed by atoms with Crippen molar-refractivity contribution in [2.75, 3.05) is 31.2 Å². The molecular weight excluding hydrogens is 343 g/mol. The van der Waals surface area contributed by atoms with E-state index in [9.17, 15) is 0 Å². The van der Waals surface area contributed by atoms with Gasteiger partial charge in [-0.15, -0.1) is 0 Å². The molecule has 2 aromatic rings. The van der Waals surface area contributed by atoms with Crippen molar-refractivity contribution < 1.29 is 4.74 Å². The lowest BCUT2D eigenvalue weighted by molar-refractivity contribution is 0.122. The summed E-state index contributed by atoms with van der Waals surface area (Å²) in [5.41, 5.74) is 5.31. The lowest BCUT2D eigenvalue weighted by Gasteiger charge is -2.29. The van der Waals surface area contributed by atoms with Gasteiger partial charge in [-0.05, 0) is 47.0 Å². The van der Waals surface area contributed by atoms with Crippen molar-refractivity contribution in [1.82, 2.24) is 4.90 Å². The number of anilines is 1. The molecule has 2 aliphatic rings. The largest absolute Gasteiger partial charge is 0.378 e. The Morgan fingerprint density at radius 2 is 1.58 bits per heavy atom. The highest BCUT2D eigenvalue weighted by molar-refractivity contribution is 6.34. The van der Waals surface area contributed by atoms with Crippen LogP contribution in [0.15, 0.2) is 36.4 Å². The molecule has 0 amide bonds. The van der Waals surface area contributed by atoms with Crippen LogP contribution >= 0.6 is 23.2 Å². The highest BCUT2D eigenvalue weighted by Crippen LogP contribution is 2.29. The third-order valence-electron chi connectivity index (χ3n) is 4.68. The second kappa shape index (κ2) is 6.93. The van der Waals surface area contributed by atoms with Gasteiger partial charge in [0, 0.05) is 48.5 Å². The van der Waals surface area contributed by atoms with E-state index in [1.54, 1.807) is 6.07 Å². The number of nitrogens with zero attached hydrogens (tertiary/aromatic N) is 2. The number of fused-ring (bicyclic) bond motifs is 1. The normalized spacial score (nSPS) is 18.0. The first kappa shape index (κ1) is 16.2. The van der Waals surface area contributed by atoms with Crippen molar-refractivity contribution in [3.8, 4) is 0 Å². The van der Waals surface area contributed by atoms with Crippen LogP contribution in [0.5, 0.6) is 0 Å². The molecular formula is C19H20Cl2N2O. The molecule has 0 saturated carbocycles. The highest BCUT2D eigenvalue weighted by atomic mass is 35.5. The summed E-state index contributed by atoms with van der Waals surface area (Å²) in [7, 11) is 0. The minimum Gasteiger partial charge on any atom is -0.378 e. The number of morpholine rings is 1. The van der Waals surface area contributed by atoms with Crippen molar-refractivity contribution in [3.05, 3.63) is 63.1 Å². The summed E-state index contributed by atoms with van der Waals surface area (Å²) in [5.74, 6) is 0. The summed E-state index contributed by atoms with van der Waals surface area (Å²) in [5, 5.41) is 1.40. The van der Waals surface area contributed by atoms with E-state index in [1.165, 1.54) is 16.8 Å². The number of benzene rings is 2. The van der Waals surface area contributed by atoms with Crippen LogP contribution < -0.4 is 4.90 Å². The molecule has 5 heteroatoms. The summed E-state index contributed by atoms with van der Waals surface area (Å²) < 4.78 is 5.45. The zero-order chi connectivity index (χ0) is 16.5. The van der Waals surface area contributed by atoms with Gasteiger partial charge in [-0.3, -0.25) is 4.90 Å². The first-order chi connectivity index (χ1) is 11.7. The number of halogens is 2. The fraction of sp³-hybridized carbons (Fsp3) is 0.368. The molecule has 4 rings (SSSR count). The number of hydrogen-bond donors (Lipinski definition) is 0. The summed E-state index contributed by atoms with van der Waals surface area (Å²) in [6, 6.07) is 12.6. The van der Waals surface area contributed by atoms with Crippen LogP contribution in [-0.4, -0.2) is 31.2 Å². The molecule has 3 nitrogen and oxygen atoms in total. The Bertz CT molecular complexity index is 724. The molecule has 24 heavy (non-hydrogen) atoms. The summed E-state index contributed by atoms with van der Waals surface area (Å²) >= 11 is 12.2. The summed E-state index contributed by atoms with van der Waals surface area (Å²) in [6.07, 6.45) is 0. The van der Waals surface area contributed by atoms with Gasteiger partial charge in [0.05, 0.1) is 13.2 Å². The van der Waals surface area contributed by atoms with Crippen LogP contribution in [0.1, 0.15) is 16.7 Å². The molecule has 2 aliphatic heterocycles. The molecule has 2 aromatic carbocycles. The molecule has 0 bridgehead atoms. The predicted molar refractivity (Wildman–Crippen MR) is 98.9 cm³/mol. The van der Waals surface area contributed by atoms with Crippen LogP contribution in [0.3, 0.4) is 0 Å². The average molecular weight is 363 g/mol. The van der Waals surface area contributed by atoms with E-state index < -0.39 is 0 Å². The second-order valence-corrected chi connectivity index (χ2v) is 7.35. The quantitative estimate of drug-likeness (QED) is 0.807. The minimum atomic E-state index is 0.698. The molecule has 2 heterocycles. The molecule has 1 saturated heterocycles. The van der Waals surface area contributed by atoms with Gasteiger partial charge in [0.15, 0.2) is 0 Å². The standard InChI is InChI=1S/C19H20Cl2N2O/c20-17-7-14(8-18(21)10-17)11-22-12-15-1-2-19(9-16(15)13-22)23-3-5-24-6-4-23/h1-2,7-10H,3-6,11-13H2. The van der Waals surface area contributed by atoms with Crippen molar-refractivity contribution in [3.63, 3.8) is 0 Å². The van der Waals surface area contributed by atoms with E-state index in [4.69, 9.17) is 27.9 Å². The molecule has 0 spiro atoms. The van der Waals surface area contributed by atoms with Crippen molar-refractivity contribution >= 4 is 28.9 Å². The first-order valence-electron chi connectivity index (χ1n) is 8.29. The van der Waals surface area contributed by atoms with Gasteiger partial charge >= 0.3 is 0 Å². The maximum Gasteiger partial charge on any atom is 0.0642 e. The van der Waals surface area contributed by atoms with Gasteiger partial charge in [0.25, 0.3) is 0 Å². The topological polar surface area (TPSA) is 15.7 Å². The average Bonchev–Trinajstić information content (AvgIpc) is 2.96. The Hall–Kier alpha value is -1.26. The third-order valence-corrected chi connectivity index (χ3v) is 5.12. The Balaban J connectivity index is 1.47. The molecule has 0 unspecified atom stereocenters. The zero-order valence-corrected chi connectivity index (χ0v) is 15.0. The van der Waals surface area contributed by atoms with E-state index in [2.05, 4.69) is 28.0 Å². The Labute approximate surface area is 152 Å². The van der Waals surface area contributed by atoms with Crippen molar-refractivity contribution in [2.24, 2.45) is 0 Å². The predicted octanol–water partition coefficient (Wildman–Crippen LogP) is 4.35. The lowest BCUT2D eigenvalue weighted by atomic mass is 10.1. The van der Waals surface area contributed by atoms with Crippen LogP contribution in [0.2, 0.25) is 10.0 Å². The van der Waals surface area contributed by atoms with Crippen molar-refractivity contribution in [2.45, 2.75) is 19.6 Å². The third kappa shape index (κ3) is 3.55. The van der Waals surface area contributed by atoms with Crippen LogP contribution in [0, 0.1) is 0 Å². The van der Waals surface area contributed by atoms with Gasteiger partial charge in [-0.25, -0.2) is 0 Å². The van der Waals surface area contributed by atoms with Crippen molar-refractivity contribution in [1.29, 1.82) is 0 Å². The smallest absolute Gasteiger partial charge is 0.0642 e. The molecule has 126 valence electrons. The minimum absolute atomic E-state index is 0.698. The fourth-order valence-corrected chi connectivity index (χ4v) is 4.11. The molecule has 0 atom stereocenters. The maximum absolute atomic E-state index is 6.11. The van der Waals surface area contributed by atoms with Crippen LogP contribution in [0.25, 0.3) is 0 Å². The van der Waals surface area contributed by atoms with E-state index >= 15 is 0 Å². The van der Waals surface area contributed by atoms with Gasteiger partial charge in [0.1, 0.15) is 0 Å². The van der Waals surface area contributed by atoms with E-state index in [0.29, 0.717) is 10.0 Å². The van der Waals surface area contributed by atoms with Gasteiger partial charge in [-0.1, -0.05) is 29.3 Å². The van der Waals surface area contributed by atoms with Gasteiger partial charge in [0.2, 0.25) is 0 Å². The van der Waals surface area contributed by atoms with Crippen LogP contribution in [-0.2, 0) is 24.4 Å². The van der Waals surface area contributed by atoms with Crippen LogP contribution in [0.4, 0.5) is 5.69 Å². The number of hydrogen-bond acceptors (Lipinski definition) is 3. The van der Waals surface area contributed by atoms with Gasteiger partial charge < -0.3 is 9.64 Å². The second-order valence-electron chi connectivity index (χ2n) is 6.48. The Morgan fingerprint density at radius 1 is 0.875 bits per heavy atom. The molecule has 0 radical (unpaired) electrons. The Morgan fingerprint density at radius 3 is 2.33 bits per heavy atom. The maximum atomic E-state index is 6.11. The highest BCUT2D eigenvalue weighted by Gasteiger charge is 2.21. The number of rotatable bonds is 3. The Kier molecular flexibility index (Phi) is 4.68.